The van der Waals surface area contributed by atoms with Crippen LogP contribution in [0.25, 0.3) is 0 Å². The molecule has 0 spiro atoms. The number of amides is 1. The third-order valence-electron chi connectivity index (χ3n) is 3.38. The van der Waals surface area contributed by atoms with Crippen molar-refractivity contribution in [1.29, 1.82) is 0 Å². The molecule has 0 aliphatic carbocycles. The molecule has 1 fully saturated rings. The summed E-state index contributed by atoms with van der Waals surface area (Å²) in [6.45, 7) is 1.48. The second kappa shape index (κ2) is 5.75. The molecule has 1 atom stereocenters. The third-order valence-corrected chi connectivity index (χ3v) is 5.21. The number of hydrogen-bond acceptors (Lipinski definition) is 4. The zero-order valence-corrected chi connectivity index (χ0v) is 12.1. The lowest BCUT2D eigenvalue weighted by Crippen LogP contribution is -2.17. The Hall–Kier alpha value is -1.69. The molecule has 1 aliphatic heterocycles. The molecule has 1 aliphatic rings. The number of Topliss-reactive ketones (excluding diaryl/α,β-unsaturated/α-hetero) is 1. The fourth-order valence-electron chi connectivity index (χ4n) is 2.30. The van der Waals surface area contributed by atoms with Gasteiger partial charge < -0.3 is 5.32 Å². The fraction of sp³-hybridized carbons (Fsp3) is 0.429. The van der Waals surface area contributed by atoms with Gasteiger partial charge in [0.25, 0.3) is 0 Å². The Labute approximate surface area is 118 Å². The van der Waals surface area contributed by atoms with Gasteiger partial charge >= 0.3 is 0 Å². The van der Waals surface area contributed by atoms with Crippen molar-refractivity contribution in [2.75, 3.05) is 16.8 Å². The van der Waals surface area contributed by atoms with Crippen LogP contribution in [-0.4, -0.2) is 31.6 Å². The molecule has 1 aromatic carbocycles. The van der Waals surface area contributed by atoms with Crippen LogP contribution >= 0.6 is 0 Å². The molecule has 0 bridgehead atoms. The number of nitrogens with one attached hydrogen (secondary N) is 1. The Morgan fingerprint density at radius 2 is 1.90 bits per heavy atom. The summed E-state index contributed by atoms with van der Waals surface area (Å²) < 4.78 is 22.6. The van der Waals surface area contributed by atoms with Crippen LogP contribution in [0.15, 0.2) is 24.3 Å². The average Bonchev–Trinajstić information content (AvgIpc) is 2.69. The number of rotatable bonds is 4. The first kappa shape index (κ1) is 14.7. The van der Waals surface area contributed by atoms with Gasteiger partial charge in [-0.25, -0.2) is 8.42 Å². The summed E-state index contributed by atoms with van der Waals surface area (Å²) in [4.78, 5) is 23.0. The van der Waals surface area contributed by atoms with Crippen molar-refractivity contribution in [3.63, 3.8) is 0 Å². The normalized spacial score (nSPS) is 20.6. The molecular weight excluding hydrogens is 278 g/mol. The van der Waals surface area contributed by atoms with Crippen LogP contribution in [0.1, 0.15) is 30.1 Å². The van der Waals surface area contributed by atoms with Gasteiger partial charge in [0.1, 0.15) is 0 Å². The maximum absolute atomic E-state index is 11.8. The molecule has 1 aromatic rings. The van der Waals surface area contributed by atoms with Gasteiger partial charge in [0.05, 0.1) is 11.5 Å². The maximum Gasteiger partial charge on any atom is 0.224 e. The predicted octanol–water partition coefficient (Wildman–Crippen LogP) is 1.65. The molecule has 0 radical (unpaired) electrons. The summed E-state index contributed by atoms with van der Waals surface area (Å²) in [5.74, 6) is -0.0275. The summed E-state index contributed by atoms with van der Waals surface area (Å²) >= 11 is 0. The minimum atomic E-state index is -2.95. The summed E-state index contributed by atoms with van der Waals surface area (Å²) in [7, 11) is -2.95. The summed E-state index contributed by atoms with van der Waals surface area (Å²) in [5, 5.41) is 2.72. The number of sulfone groups is 1. The molecule has 0 aromatic heterocycles. The van der Waals surface area contributed by atoms with Crippen LogP contribution in [0.4, 0.5) is 5.69 Å². The van der Waals surface area contributed by atoms with E-state index >= 15 is 0 Å². The van der Waals surface area contributed by atoms with Crippen molar-refractivity contribution in [1.82, 2.24) is 0 Å². The van der Waals surface area contributed by atoms with Crippen molar-refractivity contribution in [3.8, 4) is 0 Å². The van der Waals surface area contributed by atoms with Crippen molar-refractivity contribution in [3.05, 3.63) is 29.8 Å². The van der Waals surface area contributed by atoms with Crippen molar-refractivity contribution in [2.24, 2.45) is 5.92 Å². The van der Waals surface area contributed by atoms with Crippen molar-refractivity contribution in [2.45, 2.75) is 19.8 Å². The van der Waals surface area contributed by atoms with Gasteiger partial charge in [-0.2, -0.15) is 0 Å². The number of carbonyl (C=O) groups is 2. The minimum Gasteiger partial charge on any atom is -0.326 e. The van der Waals surface area contributed by atoms with Crippen LogP contribution < -0.4 is 5.32 Å². The second-order valence-electron chi connectivity index (χ2n) is 5.15. The van der Waals surface area contributed by atoms with E-state index in [4.69, 9.17) is 0 Å². The third kappa shape index (κ3) is 3.90. The van der Waals surface area contributed by atoms with Gasteiger partial charge in [0.15, 0.2) is 15.6 Å². The Balaban J connectivity index is 1.90. The average molecular weight is 295 g/mol. The highest BCUT2D eigenvalue weighted by molar-refractivity contribution is 7.91. The number of ketones is 1. The Morgan fingerprint density at radius 3 is 2.40 bits per heavy atom. The van der Waals surface area contributed by atoms with Gasteiger partial charge in [-0.05, 0) is 43.5 Å². The SMILES string of the molecule is CC(=O)c1ccc(NC(=O)CC2CCS(=O)(=O)C2)cc1. The highest BCUT2D eigenvalue weighted by atomic mass is 32.2. The molecule has 5 nitrogen and oxygen atoms in total. The minimum absolute atomic E-state index is 0.0287. The van der Waals surface area contributed by atoms with E-state index in [-0.39, 0.29) is 35.5 Å². The van der Waals surface area contributed by atoms with Crippen molar-refractivity contribution < 1.29 is 18.0 Å². The number of hydrogen-bond donors (Lipinski definition) is 1. The molecule has 108 valence electrons. The fourth-order valence-corrected chi connectivity index (χ4v) is 4.16. The van der Waals surface area contributed by atoms with Crippen LogP contribution in [0.2, 0.25) is 0 Å². The highest BCUT2D eigenvalue weighted by Gasteiger charge is 2.29. The largest absolute Gasteiger partial charge is 0.326 e. The zero-order valence-electron chi connectivity index (χ0n) is 11.3. The number of carbonyl (C=O) groups excluding carboxylic acids is 2. The number of benzene rings is 1. The van der Waals surface area contributed by atoms with Crippen LogP contribution in [0.3, 0.4) is 0 Å². The smallest absolute Gasteiger partial charge is 0.224 e. The molecule has 1 heterocycles. The van der Waals surface area contributed by atoms with Gasteiger partial charge in [0, 0.05) is 17.7 Å². The Morgan fingerprint density at radius 1 is 1.25 bits per heavy atom. The van der Waals surface area contributed by atoms with Gasteiger partial charge in [-0.15, -0.1) is 0 Å². The molecule has 1 amide bonds. The highest BCUT2D eigenvalue weighted by Crippen LogP contribution is 2.22. The molecule has 20 heavy (non-hydrogen) atoms. The Kier molecular flexibility index (Phi) is 4.23. The van der Waals surface area contributed by atoms with Gasteiger partial charge in [-0.1, -0.05) is 0 Å². The second-order valence-corrected chi connectivity index (χ2v) is 7.38. The van der Waals surface area contributed by atoms with Crippen molar-refractivity contribution >= 4 is 27.2 Å². The molecule has 1 saturated heterocycles. The first-order valence-electron chi connectivity index (χ1n) is 6.47. The molecule has 1 N–H and O–H groups in total. The van der Waals surface area contributed by atoms with E-state index in [2.05, 4.69) is 5.32 Å². The van der Waals surface area contributed by atoms with Gasteiger partial charge in [0.2, 0.25) is 5.91 Å². The zero-order chi connectivity index (χ0) is 14.8. The van der Waals surface area contributed by atoms with E-state index in [1.807, 2.05) is 0 Å². The van der Waals surface area contributed by atoms with Crippen LogP contribution in [0.5, 0.6) is 0 Å². The van der Waals surface area contributed by atoms with Gasteiger partial charge in [-0.3, -0.25) is 9.59 Å². The molecule has 1 unspecified atom stereocenters. The van der Waals surface area contributed by atoms with E-state index in [1.54, 1.807) is 24.3 Å². The summed E-state index contributed by atoms with van der Waals surface area (Å²) in [6.07, 6.45) is 0.771. The van der Waals surface area contributed by atoms with E-state index < -0.39 is 9.84 Å². The topological polar surface area (TPSA) is 80.3 Å². The predicted molar refractivity (Wildman–Crippen MR) is 76.5 cm³/mol. The first-order chi connectivity index (χ1) is 9.35. The monoisotopic (exact) mass is 295 g/mol. The van der Waals surface area contributed by atoms with E-state index in [9.17, 15) is 18.0 Å². The summed E-state index contributed by atoms with van der Waals surface area (Å²) in [6, 6.07) is 6.63. The van der Waals surface area contributed by atoms with E-state index in [0.29, 0.717) is 17.7 Å². The number of anilines is 1. The first-order valence-corrected chi connectivity index (χ1v) is 8.29. The standard InChI is InChI=1S/C14H17NO4S/c1-10(16)12-2-4-13(5-3-12)15-14(17)8-11-6-7-20(18,19)9-11/h2-5,11H,6-9H2,1H3,(H,15,17). The molecule has 2 rings (SSSR count). The molecule has 6 heteroatoms. The van der Waals surface area contributed by atoms with E-state index in [1.165, 1.54) is 6.92 Å². The molecular formula is C14H17NO4S. The quantitative estimate of drug-likeness (QED) is 0.857. The Bertz CT molecular complexity index is 619. The maximum atomic E-state index is 11.8. The summed E-state index contributed by atoms with van der Waals surface area (Å²) in [5.41, 5.74) is 1.20. The van der Waals surface area contributed by atoms with Crippen LogP contribution in [0, 0.1) is 5.92 Å². The van der Waals surface area contributed by atoms with E-state index in [0.717, 1.165) is 0 Å². The molecule has 0 saturated carbocycles. The lowest BCUT2D eigenvalue weighted by atomic mass is 10.0. The lowest BCUT2D eigenvalue weighted by Gasteiger charge is -2.09. The lowest BCUT2D eigenvalue weighted by molar-refractivity contribution is -0.116. The van der Waals surface area contributed by atoms with Crippen LogP contribution in [-0.2, 0) is 14.6 Å².